The van der Waals surface area contributed by atoms with Crippen molar-refractivity contribution in [3.63, 3.8) is 0 Å². The van der Waals surface area contributed by atoms with E-state index in [1.165, 1.54) is 0 Å². The van der Waals surface area contributed by atoms with Crippen LogP contribution in [0, 0.1) is 18.3 Å². The zero-order valence-electron chi connectivity index (χ0n) is 12.7. The smallest absolute Gasteiger partial charge is 0.304 e. The molecule has 1 atom stereocenters. The number of rotatable bonds is 5. The van der Waals surface area contributed by atoms with Crippen LogP contribution in [0.4, 0.5) is 0 Å². The molecule has 0 aliphatic heterocycles. The highest BCUT2D eigenvalue weighted by Gasteiger charge is 2.16. The summed E-state index contributed by atoms with van der Waals surface area (Å²) in [7, 11) is 0. The molecular weight excluding hydrogens is 312 g/mol. The van der Waals surface area contributed by atoms with Crippen LogP contribution < -0.4 is 5.73 Å². The van der Waals surface area contributed by atoms with Gasteiger partial charge in [-0.25, -0.2) is 0 Å². The van der Waals surface area contributed by atoms with Crippen LogP contribution in [-0.2, 0) is 4.79 Å². The van der Waals surface area contributed by atoms with Crippen LogP contribution in [-0.4, -0.2) is 17.6 Å². The van der Waals surface area contributed by atoms with Crippen molar-refractivity contribution in [1.82, 2.24) is 0 Å². The maximum absolute atomic E-state index is 11.0. The van der Waals surface area contributed by atoms with Gasteiger partial charge in [-0.1, -0.05) is 23.7 Å². The molecule has 0 amide bonds. The zero-order valence-corrected chi connectivity index (χ0v) is 13.5. The number of aliphatic carboxylic acids is 1. The van der Waals surface area contributed by atoms with Crippen LogP contribution in [0.15, 0.2) is 36.4 Å². The minimum atomic E-state index is -0.889. The molecule has 0 bridgehead atoms. The molecule has 3 N–H and O–H groups in total. The average Bonchev–Trinajstić information content (AvgIpc) is 2.54. The molecule has 2 aromatic carbocycles. The fourth-order valence-corrected chi connectivity index (χ4v) is 2.75. The molecule has 23 heavy (non-hydrogen) atoms. The molecule has 2 aromatic rings. The van der Waals surface area contributed by atoms with E-state index >= 15 is 0 Å². The molecule has 0 radical (unpaired) electrons. The van der Waals surface area contributed by atoms with Crippen LogP contribution in [0.3, 0.4) is 0 Å². The number of nitrogens with zero attached hydrogens (tertiary/aromatic N) is 1. The Morgan fingerprint density at radius 3 is 2.65 bits per heavy atom. The minimum absolute atomic E-state index is 0.0329. The molecule has 0 saturated heterocycles. The highest BCUT2D eigenvalue weighted by molar-refractivity contribution is 6.33. The summed E-state index contributed by atoms with van der Waals surface area (Å²) in [5, 5.41) is 18.7. The molecule has 0 saturated carbocycles. The topological polar surface area (TPSA) is 87.1 Å². The first-order chi connectivity index (χ1) is 11.0. The van der Waals surface area contributed by atoms with Gasteiger partial charge in [0, 0.05) is 16.5 Å². The molecular formula is C18H17ClN2O2. The van der Waals surface area contributed by atoms with Gasteiger partial charge in [-0.05, 0) is 54.4 Å². The first kappa shape index (κ1) is 17.0. The lowest BCUT2D eigenvalue weighted by Crippen LogP contribution is -2.16. The number of carbonyl (C=O) groups is 1. The SMILES string of the molecule is Cc1ccc(C#N)cc1-c1cc([C@H](CN)CC(=O)O)ccc1Cl. The third kappa shape index (κ3) is 3.89. The molecule has 0 aliphatic carbocycles. The minimum Gasteiger partial charge on any atom is -0.481 e. The molecule has 0 fully saturated rings. The third-order valence-electron chi connectivity index (χ3n) is 3.82. The second kappa shape index (κ2) is 7.28. The summed E-state index contributed by atoms with van der Waals surface area (Å²) in [6, 6.07) is 12.9. The van der Waals surface area contributed by atoms with Crippen molar-refractivity contribution in [3.8, 4) is 17.2 Å². The van der Waals surface area contributed by atoms with E-state index in [1.807, 2.05) is 19.1 Å². The van der Waals surface area contributed by atoms with Gasteiger partial charge in [-0.15, -0.1) is 0 Å². The summed E-state index contributed by atoms with van der Waals surface area (Å²) < 4.78 is 0. The molecule has 5 heteroatoms. The van der Waals surface area contributed by atoms with E-state index in [4.69, 9.17) is 27.7 Å². The standard InChI is InChI=1S/C18H17ClN2O2/c1-11-2-3-12(9-20)6-15(11)16-7-13(4-5-17(16)19)14(10-21)8-18(22)23/h2-7,14H,8,10,21H2,1H3,(H,22,23)/t14-/m0/s1. The van der Waals surface area contributed by atoms with Gasteiger partial charge in [0.1, 0.15) is 0 Å². The monoisotopic (exact) mass is 328 g/mol. The molecule has 0 aromatic heterocycles. The van der Waals surface area contributed by atoms with E-state index < -0.39 is 5.97 Å². The first-order valence-corrected chi connectivity index (χ1v) is 7.56. The number of carboxylic acid groups (broad SMARTS) is 1. The van der Waals surface area contributed by atoms with Crippen molar-refractivity contribution in [2.45, 2.75) is 19.3 Å². The highest BCUT2D eigenvalue weighted by atomic mass is 35.5. The van der Waals surface area contributed by atoms with Crippen LogP contribution in [0.2, 0.25) is 5.02 Å². The van der Waals surface area contributed by atoms with E-state index in [0.717, 1.165) is 22.3 Å². The van der Waals surface area contributed by atoms with Gasteiger partial charge in [0.2, 0.25) is 0 Å². The molecule has 118 valence electrons. The maximum atomic E-state index is 11.0. The number of hydrogen-bond acceptors (Lipinski definition) is 3. The Morgan fingerprint density at radius 1 is 1.30 bits per heavy atom. The Hall–Kier alpha value is -2.35. The number of aryl methyl sites for hydroxylation is 1. The Balaban J connectivity index is 2.54. The van der Waals surface area contributed by atoms with Crippen molar-refractivity contribution < 1.29 is 9.90 Å². The lowest BCUT2D eigenvalue weighted by atomic mass is 9.91. The summed E-state index contributed by atoms with van der Waals surface area (Å²) >= 11 is 6.32. The third-order valence-corrected chi connectivity index (χ3v) is 4.15. The number of halogens is 1. The Bertz CT molecular complexity index is 781. The van der Waals surface area contributed by atoms with Crippen LogP contribution in [0.25, 0.3) is 11.1 Å². The molecule has 0 heterocycles. The Labute approximate surface area is 140 Å². The Kier molecular flexibility index (Phi) is 5.38. The normalized spacial score (nSPS) is 11.7. The van der Waals surface area contributed by atoms with E-state index in [1.54, 1.807) is 24.3 Å². The van der Waals surface area contributed by atoms with Crippen LogP contribution in [0.1, 0.15) is 29.0 Å². The lowest BCUT2D eigenvalue weighted by Gasteiger charge is -2.16. The fourth-order valence-electron chi connectivity index (χ4n) is 2.53. The van der Waals surface area contributed by atoms with Crippen molar-refractivity contribution in [3.05, 3.63) is 58.1 Å². The van der Waals surface area contributed by atoms with Crippen LogP contribution >= 0.6 is 11.6 Å². The zero-order chi connectivity index (χ0) is 17.0. The van der Waals surface area contributed by atoms with Crippen molar-refractivity contribution in [2.75, 3.05) is 6.54 Å². The number of carboxylic acids is 1. The molecule has 4 nitrogen and oxygen atoms in total. The molecule has 0 aliphatic rings. The van der Waals surface area contributed by atoms with Gasteiger partial charge in [-0.2, -0.15) is 5.26 Å². The van der Waals surface area contributed by atoms with Gasteiger partial charge in [0.25, 0.3) is 0 Å². The summed E-state index contributed by atoms with van der Waals surface area (Å²) in [6.07, 6.45) is -0.0329. The highest BCUT2D eigenvalue weighted by Crippen LogP contribution is 2.34. The summed E-state index contributed by atoms with van der Waals surface area (Å²) in [6.45, 7) is 2.18. The largest absolute Gasteiger partial charge is 0.481 e. The average molecular weight is 329 g/mol. The molecule has 2 rings (SSSR count). The predicted octanol–water partition coefficient (Wildman–Crippen LogP) is 3.70. The van der Waals surface area contributed by atoms with Crippen LogP contribution in [0.5, 0.6) is 0 Å². The summed E-state index contributed by atoms with van der Waals surface area (Å²) in [5.41, 5.74) is 9.73. The van der Waals surface area contributed by atoms with E-state index in [9.17, 15) is 4.79 Å². The van der Waals surface area contributed by atoms with Crippen molar-refractivity contribution in [1.29, 1.82) is 5.26 Å². The molecule has 0 spiro atoms. The van der Waals surface area contributed by atoms with Gasteiger partial charge in [0.15, 0.2) is 0 Å². The van der Waals surface area contributed by atoms with Gasteiger partial charge in [0.05, 0.1) is 18.1 Å². The Morgan fingerprint density at radius 2 is 2.04 bits per heavy atom. The number of nitriles is 1. The maximum Gasteiger partial charge on any atom is 0.304 e. The van der Waals surface area contributed by atoms with E-state index in [2.05, 4.69) is 6.07 Å². The number of benzene rings is 2. The number of nitrogens with two attached hydrogens (primary N) is 1. The summed E-state index contributed by atoms with van der Waals surface area (Å²) in [4.78, 5) is 11.0. The van der Waals surface area contributed by atoms with Gasteiger partial charge < -0.3 is 10.8 Å². The van der Waals surface area contributed by atoms with E-state index in [0.29, 0.717) is 10.6 Å². The fraction of sp³-hybridized carbons (Fsp3) is 0.222. The van der Waals surface area contributed by atoms with E-state index in [-0.39, 0.29) is 18.9 Å². The first-order valence-electron chi connectivity index (χ1n) is 7.18. The van der Waals surface area contributed by atoms with Gasteiger partial charge in [-0.3, -0.25) is 4.79 Å². The predicted molar refractivity (Wildman–Crippen MR) is 90.4 cm³/mol. The van der Waals surface area contributed by atoms with Crippen molar-refractivity contribution >= 4 is 17.6 Å². The van der Waals surface area contributed by atoms with Crippen molar-refractivity contribution in [2.24, 2.45) is 5.73 Å². The van der Waals surface area contributed by atoms with Gasteiger partial charge >= 0.3 is 5.97 Å². The number of hydrogen-bond donors (Lipinski definition) is 2. The quantitative estimate of drug-likeness (QED) is 0.876. The second-order valence-corrected chi connectivity index (χ2v) is 5.82. The molecule has 0 unspecified atom stereocenters. The summed E-state index contributed by atoms with van der Waals surface area (Å²) in [5.74, 6) is -1.16. The second-order valence-electron chi connectivity index (χ2n) is 5.41. The lowest BCUT2D eigenvalue weighted by molar-refractivity contribution is -0.137.